The Hall–Kier alpha value is -0.600. The summed E-state index contributed by atoms with van der Waals surface area (Å²) < 4.78 is 0. The largest absolute Gasteiger partial charge is 0.397 e. The molecule has 0 unspecified atom stereocenters. The molecule has 13 heavy (non-hydrogen) atoms. The van der Waals surface area contributed by atoms with Gasteiger partial charge in [0.15, 0.2) is 0 Å². The zero-order valence-corrected chi connectivity index (χ0v) is 9.49. The van der Waals surface area contributed by atoms with Crippen molar-refractivity contribution in [1.82, 2.24) is 0 Å². The lowest BCUT2D eigenvalue weighted by atomic mass is 10.2. The Balaban J connectivity index is 0. The van der Waals surface area contributed by atoms with E-state index in [9.17, 15) is 0 Å². The molecule has 0 aliphatic carbocycles. The number of nitrogens with zero attached hydrogens (tertiary/aromatic N) is 1. The van der Waals surface area contributed by atoms with E-state index in [2.05, 4.69) is 11.8 Å². The topological polar surface area (TPSA) is 29.3 Å². The van der Waals surface area contributed by atoms with E-state index in [-0.39, 0.29) is 24.8 Å². The lowest BCUT2D eigenvalue weighted by Gasteiger charge is -2.18. The molecule has 0 aliphatic rings. The minimum absolute atomic E-state index is 0. The van der Waals surface area contributed by atoms with Crippen LogP contribution in [0.5, 0.6) is 0 Å². The molecule has 0 saturated heterocycles. The summed E-state index contributed by atoms with van der Waals surface area (Å²) in [7, 11) is 2.03. The molecule has 0 saturated carbocycles. The Morgan fingerprint density at radius 3 is 2.23 bits per heavy atom. The molecular formula is C9H16Cl2N2. The van der Waals surface area contributed by atoms with Crippen molar-refractivity contribution in [3.63, 3.8) is 0 Å². The Bertz CT molecular complexity index is 241. The summed E-state index contributed by atoms with van der Waals surface area (Å²) >= 11 is 0. The Kier molecular flexibility index (Phi) is 7.87. The highest BCUT2D eigenvalue weighted by atomic mass is 35.5. The maximum Gasteiger partial charge on any atom is 0.0597 e. The van der Waals surface area contributed by atoms with Gasteiger partial charge in [-0.3, -0.25) is 0 Å². The standard InChI is InChI=1S/C9H14N2.2ClH/c1-3-11(2)9-7-5-4-6-8(9)10;;/h4-7H,3,10H2,1-2H3;2*1H. The first-order chi connectivity index (χ1) is 5.25. The molecule has 0 spiro atoms. The Labute approximate surface area is 91.9 Å². The van der Waals surface area contributed by atoms with E-state index in [1.807, 2.05) is 31.3 Å². The molecular weight excluding hydrogens is 207 g/mol. The highest BCUT2D eigenvalue weighted by Crippen LogP contribution is 2.20. The van der Waals surface area contributed by atoms with Crippen molar-refractivity contribution in [1.29, 1.82) is 0 Å². The fourth-order valence-corrected chi connectivity index (χ4v) is 1.01. The molecule has 76 valence electrons. The van der Waals surface area contributed by atoms with Gasteiger partial charge in [-0.1, -0.05) is 12.1 Å². The van der Waals surface area contributed by atoms with Crippen molar-refractivity contribution >= 4 is 36.2 Å². The van der Waals surface area contributed by atoms with E-state index in [1.165, 1.54) is 0 Å². The number of nitrogens with two attached hydrogens (primary N) is 1. The zero-order chi connectivity index (χ0) is 8.27. The van der Waals surface area contributed by atoms with E-state index >= 15 is 0 Å². The Morgan fingerprint density at radius 1 is 1.23 bits per heavy atom. The van der Waals surface area contributed by atoms with Crippen LogP contribution in [-0.2, 0) is 0 Å². The zero-order valence-electron chi connectivity index (χ0n) is 7.86. The minimum Gasteiger partial charge on any atom is -0.397 e. The fourth-order valence-electron chi connectivity index (χ4n) is 1.01. The van der Waals surface area contributed by atoms with Crippen molar-refractivity contribution in [2.24, 2.45) is 0 Å². The highest BCUT2D eigenvalue weighted by molar-refractivity contribution is 5.85. The van der Waals surface area contributed by atoms with Crippen LogP contribution in [0.25, 0.3) is 0 Å². The molecule has 0 aliphatic heterocycles. The molecule has 0 aromatic heterocycles. The van der Waals surface area contributed by atoms with Gasteiger partial charge in [-0.15, -0.1) is 24.8 Å². The quantitative estimate of drug-likeness (QED) is 0.780. The van der Waals surface area contributed by atoms with Crippen LogP contribution in [0.3, 0.4) is 0 Å². The number of hydrogen-bond acceptors (Lipinski definition) is 2. The van der Waals surface area contributed by atoms with E-state index in [0.29, 0.717) is 0 Å². The van der Waals surface area contributed by atoms with Gasteiger partial charge >= 0.3 is 0 Å². The predicted octanol–water partition coefficient (Wildman–Crippen LogP) is 2.57. The van der Waals surface area contributed by atoms with Gasteiger partial charge in [0.2, 0.25) is 0 Å². The van der Waals surface area contributed by atoms with Crippen LogP contribution >= 0.6 is 24.8 Å². The number of anilines is 2. The third-order valence-corrected chi connectivity index (χ3v) is 1.82. The van der Waals surface area contributed by atoms with Gasteiger partial charge in [0.25, 0.3) is 0 Å². The smallest absolute Gasteiger partial charge is 0.0597 e. The third kappa shape index (κ3) is 3.75. The average Bonchev–Trinajstić information content (AvgIpc) is 2.04. The van der Waals surface area contributed by atoms with Crippen LogP contribution < -0.4 is 10.6 Å². The average molecular weight is 223 g/mol. The molecule has 2 N–H and O–H groups in total. The number of para-hydroxylation sites is 2. The first-order valence-electron chi connectivity index (χ1n) is 3.81. The van der Waals surface area contributed by atoms with Crippen molar-refractivity contribution in [3.8, 4) is 0 Å². The maximum absolute atomic E-state index is 5.76. The van der Waals surface area contributed by atoms with Gasteiger partial charge in [-0.25, -0.2) is 0 Å². The van der Waals surface area contributed by atoms with Crippen LogP contribution in [0.1, 0.15) is 6.92 Å². The van der Waals surface area contributed by atoms with E-state index in [0.717, 1.165) is 17.9 Å². The molecule has 0 atom stereocenters. The van der Waals surface area contributed by atoms with Gasteiger partial charge in [-0.2, -0.15) is 0 Å². The van der Waals surface area contributed by atoms with Gasteiger partial charge in [0.1, 0.15) is 0 Å². The molecule has 1 aromatic rings. The summed E-state index contributed by atoms with van der Waals surface area (Å²) in [5.41, 5.74) is 7.71. The number of rotatable bonds is 2. The fraction of sp³-hybridized carbons (Fsp3) is 0.333. The molecule has 0 bridgehead atoms. The summed E-state index contributed by atoms with van der Waals surface area (Å²) in [6, 6.07) is 7.89. The third-order valence-electron chi connectivity index (χ3n) is 1.82. The molecule has 0 fully saturated rings. The molecule has 0 heterocycles. The van der Waals surface area contributed by atoms with Crippen molar-refractivity contribution < 1.29 is 0 Å². The lowest BCUT2D eigenvalue weighted by molar-refractivity contribution is 0.970. The van der Waals surface area contributed by atoms with Crippen LogP contribution in [0, 0.1) is 0 Å². The van der Waals surface area contributed by atoms with Crippen LogP contribution in [0.2, 0.25) is 0 Å². The number of hydrogen-bond donors (Lipinski definition) is 1. The number of benzene rings is 1. The second kappa shape index (κ2) is 6.87. The summed E-state index contributed by atoms with van der Waals surface area (Å²) in [6.45, 7) is 3.08. The van der Waals surface area contributed by atoms with Crippen molar-refractivity contribution in [3.05, 3.63) is 24.3 Å². The normalized spacial score (nSPS) is 8.15. The van der Waals surface area contributed by atoms with Crippen LogP contribution in [0.15, 0.2) is 24.3 Å². The summed E-state index contributed by atoms with van der Waals surface area (Å²) in [5, 5.41) is 0. The predicted molar refractivity (Wildman–Crippen MR) is 64.3 cm³/mol. The number of nitrogen functional groups attached to an aromatic ring is 1. The van der Waals surface area contributed by atoms with E-state index in [1.54, 1.807) is 0 Å². The van der Waals surface area contributed by atoms with E-state index in [4.69, 9.17) is 5.73 Å². The molecule has 1 rings (SSSR count). The minimum atomic E-state index is 0. The first kappa shape index (κ1) is 14.9. The van der Waals surface area contributed by atoms with Crippen LogP contribution in [-0.4, -0.2) is 13.6 Å². The second-order valence-electron chi connectivity index (χ2n) is 2.57. The number of halogens is 2. The highest BCUT2D eigenvalue weighted by Gasteiger charge is 1.99. The van der Waals surface area contributed by atoms with Gasteiger partial charge < -0.3 is 10.6 Å². The first-order valence-corrected chi connectivity index (χ1v) is 3.81. The van der Waals surface area contributed by atoms with Gasteiger partial charge in [-0.05, 0) is 19.1 Å². The lowest BCUT2D eigenvalue weighted by Crippen LogP contribution is -2.16. The van der Waals surface area contributed by atoms with Crippen LogP contribution in [0.4, 0.5) is 11.4 Å². The SMILES string of the molecule is CCN(C)c1ccccc1N.Cl.Cl. The van der Waals surface area contributed by atoms with Gasteiger partial charge in [0, 0.05) is 13.6 Å². The molecule has 0 radical (unpaired) electrons. The van der Waals surface area contributed by atoms with Gasteiger partial charge in [0.05, 0.1) is 11.4 Å². The van der Waals surface area contributed by atoms with E-state index < -0.39 is 0 Å². The van der Waals surface area contributed by atoms with Crippen molar-refractivity contribution in [2.75, 3.05) is 24.2 Å². The summed E-state index contributed by atoms with van der Waals surface area (Å²) in [6.07, 6.45) is 0. The molecule has 2 nitrogen and oxygen atoms in total. The Morgan fingerprint density at radius 2 is 1.77 bits per heavy atom. The second-order valence-corrected chi connectivity index (χ2v) is 2.57. The molecule has 1 aromatic carbocycles. The molecule has 4 heteroatoms. The maximum atomic E-state index is 5.76. The molecule has 0 amide bonds. The van der Waals surface area contributed by atoms with Crippen molar-refractivity contribution in [2.45, 2.75) is 6.92 Å². The summed E-state index contributed by atoms with van der Waals surface area (Å²) in [4.78, 5) is 2.12. The summed E-state index contributed by atoms with van der Waals surface area (Å²) in [5.74, 6) is 0. The monoisotopic (exact) mass is 222 g/mol.